The zero-order valence-electron chi connectivity index (χ0n) is 17.3. The van der Waals surface area contributed by atoms with Gasteiger partial charge in [0.15, 0.2) is 0 Å². The van der Waals surface area contributed by atoms with Crippen molar-refractivity contribution in [2.45, 2.75) is 20.0 Å². The van der Waals surface area contributed by atoms with E-state index in [1.807, 2.05) is 32.0 Å². The molecule has 0 saturated carbocycles. The summed E-state index contributed by atoms with van der Waals surface area (Å²) in [4.78, 5) is 27.5. The number of rotatable bonds is 4. The maximum atomic E-state index is 13.3. The summed E-state index contributed by atoms with van der Waals surface area (Å²) < 4.78 is 39.7. The maximum Gasteiger partial charge on any atom is 0.416 e. The third-order valence-electron chi connectivity index (χ3n) is 5.07. The van der Waals surface area contributed by atoms with Crippen LogP contribution in [0.25, 0.3) is 5.57 Å². The van der Waals surface area contributed by atoms with Gasteiger partial charge in [-0.15, -0.1) is 0 Å². The summed E-state index contributed by atoms with van der Waals surface area (Å²) in [6.45, 7) is 3.81. The molecule has 4 rings (SSSR count). The Morgan fingerprint density at radius 2 is 1.44 bits per heavy atom. The summed E-state index contributed by atoms with van der Waals surface area (Å²) in [6, 6.07) is 18.4. The quantitative estimate of drug-likeness (QED) is 0.533. The van der Waals surface area contributed by atoms with Crippen molar-refractivity contribution in [3.63, 3.8) is 0 Å². The Labute approximate surface area is 183 Å². The molecule has 7 heteroatoms. The standard InChI is InChI=1S/C25H19F3N2O2/c1-15-11-16(2)13-19(12-15)29-22-21(17-7-4-3-5-8-17)23(31)30(24(22)32)20-10-6-9-18(14-20)25(26,27)28/h3-14,29H,1-2H3. The fraction of sp³-hybridized carbons (Fsp3) is 0.120. The first kappa shape index (κ1) is 21.4. The Morgan fingerprint density at radius 1 is 0.781 bits per heavy atom. The second kappa shape index (κ2) is 8.00. The van der Waals surface area contributed by atoms with E-state index in [4.69, 9.17) is 0 Å². The molecule has 0 radical (unpaired) electrons. The van der Waals surface area contributed by atoms with E-state index in [0.29, 0.717) is 11.3 Å². The van der Waals surface area contributed by atoms with Crippen molar-refractivity contribution < 1.29 is 22.8 Å². The van der Waals surface area contributed by atoms with E-state index in [2.05, 4.69) is 5.32 Å². The van der Waals surface area contributed by atoms with Crippen molar-refractivity contribution in [2.24, 2.45) is 0 Å². The van der Waals surface area contributed by atoms with Crippen LogP contribution in [0.4, 0.5) is 24.5 Å². The molecular weight excluding hydrogens is 417 g/mol. The number of nitrogens with one attached hydrogen (secondary N) is 1. The molecule has 2 amide bonds. The minimum Gasteiger partial charge on any atom is -0.350 e. The van der Waals surface area contributed by atoms with Gasteiger partial charge < -0.3 is 5.32 Å². The molecule has 3 aromatic carbocycles. The molecule has 32 heavy (non-hydrogen) atoms. The number of nitrogens with zero attached hydrogens (tertiary/aromatic N) is 1. The van der Waals surface area contributed by atoms with Gasteiger partial charge in [0, 0.05) is 5.69 Å². The number of amides is 2. The van der Waals surface area contributed by atoms with E-state index < -0.39 is 23.6 Å². The van der Waals surface area contributed by atoms with Gasteiger partial charge >= 0.3 is 6.18 Å². The molecule has 0 fully saturated rings. The summed E-state index contributed by atoms with van der Waals surface area (Å²) in [7, 11) is 0. The lowest BCUT2D eigenvalue weighted by Gasteiger charge is -2.17. The van der Waals surface area contributed by atoms with Crippen LogP contribution in [0.3, 0.4) is 0 Å². The summed E-state index contributed by atoms with van der Waals surface area (Å²) in [5.74, 6) is -1.40. The van der Waals surface area contributed by atoms with Crippen molar-refractivity contribution >= 4 is 28.8 Å². The average molecular weight is 436 g/mol. The number of benzene rings is 3. The van der Waals surface area contributed by atoms with Crippen LogP contribution in [-0.2, 0) is 15.8 Å². The van der Waals surface area contributed by atoms with Crippen LogP contribution in [0.5, 0.6) is 0 Å². The highest BCUT2D eigenvalue weighted by Gasteiger charge is 2.41. The van der Waals surface area contributed by atoms with E-state index >= 15 is 0 Å². The number of alkyl halides is 3. The van der Waals surface area contributed by atoms with Gasteiger partial charge in [-0.2, -0.15) is 13.2 Å². The van der Waals surface area contributed by atoms with Crippen molar-refractivity contribution in [2.75, 3.05) is 10.2 Å². The number of carbonyl (C=O) groups is 2. The lowest BCUT2D eigenvalue weighted by Crippen LogP contribution is -2.32. The minimum absolute atomic E-state index is 0.0172. The fourth-order valence-corrected chi connectivity index (χ4v) is 3.77. The number of halogens is 3. The van der Waals surface area contributed by atoms with Crippen LogP contribution in [0.15, 0.2) is 78.5 Å². The van der Waals surface area contributed by atoms with Gasteiger partial charge in [-0.05, 0) is 60.9 Å². The SMILES string of the molecule is Cc1cc(C)cc(NC2=C(c3ccccc3)C(=O)N(c3cccc(C(F)(F)F)c3)C2=O)c1. The number of aryl methyl sites for hydroxylation is 2. The number of imide groups is 1. The Hall–Kier alpha value is -3.87. The molecule has 1 aliphatic heterocycles. The van der Waals surface area contributed by atoms with Crippen LogP contribution in [0, 0.1) is 13.8 Å². The molecule has 0 unspecified atom stereocenters. The predicted molar refractivity (Wildman–Crippen MR) is 117 cm³/mol. The number of hydrogen-bond donors (Lipinski definition) is 1. The molecule has 0 aromatic heterocycles. The van der Waals surface area contributed by atoms with Crippen LogP contribution < -0.4 is 10.2 Å². The zero-order valence-corrected chi connectivity index (χ0v) is 17.3. The topological polar surface area (TPSA) is 49.4 Å². The number of carbonyl (C=O) groups excluding carboxylic acids is 2. The van der Waals surface area contributed by atoms with Crippen molar-refractivity contribution in [3.05, 3.63) is 101 Å². The molecule has 0 bridgehead atoms. The largest absolute Gasteiger partial charge is 0.416 e. The van der Waals surface area contributed by atoms with E-state index in [-0.39, 0.29) is 17.0 Å². The van der Waals surface area contributed by atoms with Gasteiger partial charge in [-0.3, -0.25) is 9.59 Å². The molecule has 1 heterocycles. The Kier molecular flexibility index (Phi) is 5.34. The smallest absolute Gasteiger partial charge is 0.350 e. The van der Waals surface area contributed by atoms with Crippen LogP contribution in [-0.4, -0.2) is 11.8 Å². The molecule has 1 aliphatic rings. The summed E-state index contributed by atoms with van der Waals surface area (Å²) >= 11 is 0. The Balaban J connectivity index is 1.82. The van der Waals surface area contributed by atoms with Gasteiger partial charge in [0.1, 0.15) is 5.70 Å². The van der Waals surface area contributed by atoms with Gasteiger partial charge in [-0.1, -0.05) is 42.5 Å². The van der Waals surface area contributed by atoms with E-state index in [9.17, 15) is 22.8 Å². The zero-order chi connectivity index (χ0) is 23.0. The summed E-state index contributed by atoms with van der Waals surface area (Å²) in [5, 5.41) is 3.04. The normalized spacial score (nSPS) is 14.3. The first-order valence-corrected chi connectivity index (χ1v) is 9.86. The van der Waals surface area contributed by atoms with E-state index in [1.165, 1.54) is 12.1 Å². The molecule has 162 valence electrons. The molecule has 3 aromatic rings. The molecular formula is C25H19F3N2O2. The van der Waals surface area contributed by atoms with Gasteiger partial charge in [0.05, 0.1) is 16.8 Å². The predicted octanol–water partition coefficient (Wildman–Crippen LogP) is 5.72. The molecule has 1 N–H and O–H groups in total. The van der Waals surface area contributed by atoms with Crippen LogP contribution >= 0.6 is 0 Å². The van der Waals surface area contributed by atoms with Crippen LogP contribution in [0.1, 0.15) is 22.3 Å². The van der Waals surface area contributed by atoms with E-state index in [1.54, 1.807) is 30.3 Å². The molecule has 4 nitrogen and oxygen atoms in total. The van der Waals surface area contributed by atoms with Crippen molar-refractivity contribution in [1.29, 1.82) is 0 Å². The van der Waals surface area contributed by atoms with Gasteiger partial charge in [0.25, 0.3) is 11.8 Å². The molecule has 0 atom stereocenters. The summed E-state index contributed by atoms with van der Waals surface area (Å²) in [5.41, 5.74) is 2.07. The van der Waals surface area contributed by atoms with Crippen LogP contribution in [0.2, 0.25) is 0 Å². The lowest BCUT2D eigenvalue weighted by atomic mass is 10.0. The highest BCUT2D eigenvalue weighted by atomic mass is 19.4. The minimum atomic E-state index is -4.60. The second-order valence-electron chi connectivity index (χ2n) is 7.61. The summed E-state index contributed by atoms with van der Waals surface area (Å²) in [6.07, 6.45) is -4.60. The Morgan fingerprint density at radius 3 is 2.06 bits per heavy atom. The highest BCUT2D eigenvalue weighted by Crippen LogP contribution is 2.37. The second-order valence-corrected chi connectivity index (χ2v) is 7.61. The van der Waals surface area contributed by atoms with Gasteiger partial charge in [0.2, 0.25) is 0 Å². The third-order valence-corrected chi connectivity index (χ3v) is 5.07. The maximum absolute atomic E-state index is 13.3. The Bertz CT molecular complexity index is 1230. The average Bonchev–Trinajstić information content (AvgIpc) is 2.97. The van der Waals surface area contributed by atoms with Crippen molar-refractivity contribution in [1.82, 2.24) is 0 Å². The number of anilines is 2. The first-order valence-electron chi connectivity index (χ1n) is 9.86. The molecule has 0 spiro atoms. The van der Waals surface area contributed by atoms with Crippen molar-refractivity contribution in [3.8, 4) is 0 Å². The lowest BCUT2D eigenvalue weighted by molar-refractivity contribution is -0.137. The van der Waals surface area contributed by atoms with E-state index in [0.717, 1.165) is 28.2 Å². The monoisotopic (exact) mass is 436 g/mol. The van der Waals surface area contributed by atoms with Gasteiger partial charge in [-0.25, -0.2) is 4.90 Å². The highest BCUT2D eigenvalue weighted by molar-refractivity contribution is 6.46. The molecule has 0 saturated heterocycles. The molecule has 0 aliphatic carbocycles. The fourth-order valence-electron chi connectivity index (χ4n) is 3.77. The third kappa shape index (κ3) is 4.01. The number of hydrogen-bond acceptors (Lipinski definition) is 3. The first-order chi connectivity index (χ1) is 15.1.